The molecule has 1 aromatic heterocycles. The molecule has 0 saturated carbocycles. The van der Waals surface area contributed by atoms with Gasteiger partial charge in [-0.15, -0.1) is 0 Å². The van der Waals surface area contributed by atoms with Gasteiger partial charge in [0, 0.05) is 22.2 Å². The van der Waals surface area contributed by atoms with Crippen molar-refractivity contribution in [2.45, 2.75) is 0 Å². The third-order valence-corrected chi connectivity index (χ3v) is 2.91. The first kappa shape index (κ1) is 9.20. The summed E-state index contributed by atoms with van der Waals surface area (Å²) in [5.74, 6) is 0. The second-order valence-corrected chi connectivity index (χ2v) is 4.20. The Labute approximate surface area is 106 Å². The Hall–Kier alpha value is -1.86. The van der Waals surface area contributed by atoms with Crippen molar-refractivity contribution in [1.29, 1.82) is 0 Å². The Kier molecular flexibility index (Phi) is 2.27. The summed E-state index contributed by atoms with van der Waals surface area (Å²) < 4.78 is 8.04. The molecule has 0 spiro atoms. The fourth-order valence-corrected chi connectivity index (χ4v) is 2.09. The second-order valence-electron chi connectivity index (χ2n) is 3.79. The van der Waals surface area contributed by atoms with Crippen molar-refractivity contribution in [1.82, 2.24) is 4.98 Å². The van der Waals surface area contributed by atoms with Crippen molar-refractivity contribution in [3.63, 3.8) is 0 Å². The average Bonchev–Trinajstić information content (AvgIpc) is 2.41. The van der Waals surface area contributed by atoms with E-state index in [-0.39, 0.29) is 0 Å². The van der Waals surface area contributed by atoms with Gasteiger partial charge in [0.15, 0.2) is 0 Å². The lowest BCUT2D eigenvalue weighted by molar-refractivity contribution is 1.36. The smallest absolute Gasteiger partial charge is 0.0780 e. The van der Waals surface area contributed by atoms with Gasteiger partial charge in [0.25, 0.3) is 0 Å². The van der Waals surface area contributed by atoms with E-state index in [1.807, 2.05) is 42.5 Å². The van der Waals surface area contributed by atoms with Crippen LogP contribution in [-0.2, 0) is 0 Å². The highest BCUT2D eigenvalue weighted by molar-refractivity contribution is 6.30. The van der Waals surface area contributed by atoms with Gasteiger partial charge in [-0.2, -0.15) is 0 Å². The topological polar surface area (TPSA) is 12.9 Å². The normalized spacial score (nSPS) is 11.5. The molecule has 3 aromatic rings. The number of benzene rings is 2. The number of hydrogen-bond acceptors (Lipinski definition) is 1. The van der Waals surface area contributed by atoms with E-state index in [1.54, 1.807) is 12.3 Å². The highest BCUT2D eigenvalue weighted by Crippen LogP contribution is 2.27. The number of aromatic nitrogens is 1. The zero-order valence-electron chi connectivity index (χ0n) is 10.0. The molecule has 0 saturated heterocycles. The largest absolute Gasteiger partial charge is 0.256 e. The molecule has 0 bridgehead atoms. The van der Waals surface area contributed by atoms with E-state index in [1.165, 1.54) is 0 Å². The van der Waals surface area contributed by atoms with Crippen molar-refractivity contribution < 1.29 is 1.37 Å². The third kappa shape index (κ3) is 1.90. The van der Waals surface area contributed by atoms with E-state index >= 15 is 0 Å². The number of hydrogen-bond donors (Lipinski definition) is 0. The molecule has 3 rings (SSSR count). The molecule has 82 valence electrons. The Balaban J connectivity index is 2.35. The fraction of sp³-hybridized carbons (Fsp3) is 0. The molecule has 1 nitrogen and oxygen atoms in total. The van der Waals surface area contributed by atoms with Gasteiger partial charge in [0.05, 0.1) is 7.06 Å². The molecular weight excluding hydrogens is 230 g/mol. The molecule has 0 aliphatic heterocycles. The van der Waals surface area contributed by atoms with Crippen LogP contribution in [0.4, 0.5) is 0 Å². The molecule has 0 amide bonds. The van der Waals surface area contributed by atoms with Crippen LogP contribution in [0.15, 0.2) is 60.8 Å². The van der Waals surface area contributed by atoms with Crippen LogP contribution in [0.1, 0.15) is 1.37 Å². The summed E-state index contributed by atoms with van der Waals surface area (Å²) in [5.41, 5.74) is 1.57. The zero-order chi connectivity index (χ0) is 12.5. The average molecular weight is 241 g/mol. The van der Waals surface area contributed by atoms with Gasteiger partial charge in [0.1, 0.15) is 0 Å². The van der Waals surface area contributed by atoms with Gasteiger partial charge in [-0.25, -0.2) is 0 Å². The van der Waals surface area contributed by atoms with E-state index in [0.717, 1.165) is 22.0 Å². The zero-order valence-corrected chi connectivity index (χ0v) is 9.78. The third-order valence-electron chi connectivity index (χ3n) is 2.69. The molecule has 0 N–H and O–H groups in total. The highest BCUT2D eigenvalue weighted by atomic mass is 35.5. The summed E-state index contributed by atoms with van der Waals surface area (Å²) in [6.45, 7) is 0. The van der Waals surface area contributed by atoms with Gasteiger partial charge in [-0.1, -0.05) is 48.0 Å². The van der Waals surface area contributed by atoms with E-state index in [0.29, 0.717) is 11.1 Å². The van der Waals surface area contributed by atoms with E-state index < -0.39 is 0 Å². The predicted molar refractivity (Wildman–Crippen MR) is 72.2 cm³/mol. The molecule has 0 radical (unpaired) electrons. The van der Waals surface area contributed by atoms with Gasteiger partial charge in [-0.05, 0) is 23.6 Å². The van der Waals surface area contributed by atoms with Crippen molar-refractivity contribution in [2.24, 2.45) is 0 Å². The summed E-state index contributed by atoms with van der Waals surface area (Å²) in [7, 11) is 0. The first-order valence-corrected chi connectivity index (χ1v) is 5.74. The summed E-state index contributed by atoms with van der Waals surface area (Å²) in [5, 5.41) is 2.60. The first-order chi connectivity index (χ1) is 8.77. The lowest BCUT2D eigenvalue weighted by atomic mass is 10.0. The maximum absolute atomic E-state index is 8.04. The maximum atomic E-state index is 8.04. The minimum atomic E-state index is 0.322. The summed E-state index contributed by atoms with van der Waals surface area (Å²) in [6.07, 6.45) is 1.76. The molecule has 0 fully saturated rings. The minimum Gasteiger partial charge on any atom is -0.256 e. The number of halogens is 1. The molecule has 1 heterocycles. The van der Waals surface area contributed by atoms with Gasteiger partial charge in [-0.3, -0.25) is 4.98 Å². The summed E-state index contributed by atoms with van der Waals surface area (Å²) in [4.78, 5) is 4.40. The van der Waals surface area contributed by atoms with Crippen molar-refractivity contribution in [3.05, 3.63) is 65.8 Å². The van der Waals surface area contributed by atoms with Crippen LogP contribution in [-0.4, -0.2) is 4.98 Å². The fourth-order valence-electron chi connectivity index (χ4n) is 1.91. The number of fused-ring (bicyclic) bond motifs is 1. The van der Waals surface area contributed by atoms with Crippen molar-refractivity contribution in [2.75, 3.05) is 0 Å². The van der Waals surface area contributed by atoms with Crippen LogP contribution in [0.3, 0.4) is 0 Å². The Morgan fingerprint density at radius 2 is 1.88 bits per heavy atom. The molecule has 17 heavy (non-hydrogen) atoms. The standard InChI is InChI=1S/C15H10ClN/c16-13-6-3-5-12(10-13)15-14-7-2-1-4-11(14)8-9-17-15/h1-10H/i10D. The Morgan fingerprint density at radius 1 is 1.00 bits per heavy atom. The SMILES string of the molecule is [2H]c1c(Cl)cccc1-c1nccc2ccccc12. The summed E-state index contributed by atoms with van der Waals surface area (Å²) >= 11 is 6.00. The monoisotopic (exact) mass is 240 g/mol. The van der Waals surface area contributed by atoms with Gasteiger partial charge >= 0.3 is 0 Å². The molecule has 2 heteroatoms. The predicted octanol–water partition coefficient (Wildman–Crippen LogP) is 4.56. The number of pyridine rings is 1. The van der Waals surface area contributed by atoms with Gasteiger partial charge < -0.3 is 0 Å². The van der Waals surface area contributed by atoms with E-state index in [9.17, 15) is 0 Å². The molecule has 0 atom stereocenters. The van der Waals surface area contributed by atoms with Crippen molar-refractivity contribution in [3.8, 4) is 11.3 Å². The molecule has 0 aliphatic carbocycles. The number of nitrogens with zero attached hydrogens (tertiary/aromatic N) is 1. The maximum Gasteiger partial charge on any atom is 0.0780 e. The number of rotatable bonds is 1. The van der Waals surface area contributed by atoms with Gasteiger partial charge in [0.2, 0.25) is 0 Å². The van der Waals surface area contributed by atoms with Crippen LogP contribution in [0, 0.1) is 0 Å². The Morgan fingerprint density at radius 3 is 2.82 bits per heavy atom. The van der Waals surface area contributed by atoms with Crippen LogP contribution in [0.2, 0.25) is 5.02 Å². The minimum absolute atomic E-state index is 0.322. The van der Waals surface area contributed by atoms with Crippen molar-refractivity contribution >= 4 is 22.4 Å². The Bertz CT molecular complexity index is 719. The molecule has 0 aliphatic rings. The van der Waals surface area contributed by atoms with Crippen LogP contribution in [0.5, 0.6) is 0 Å². The lowest BCUT2D eigenvalue weighted by Crippen LogP contribution is -1.85. The molecule has 0 unspecified atom stereocenters. The van der Waals surface area contributed by atoms with E-state index in [2.05, 4.69) is 4.98 Å². The molecule has 2 aromatic carbocycles. The van der Waals surface area contributed by atoms with Crippen LogP contribution in [0.25, 0.3) is 22.0 Å². The van der Waals surface area contributed by atoms with E-state index in [4.69, 9.17) is 13.0 Å². The van der Waals surface area contributed by atoms with Crippen LogP contribution >= 0.6 is 11.6 Å². The second kappa shape index (κ2) is 4.19. The van der Waals surface area contributed by atoms with Crippen LogP contribution < -0.4 is 0 Å². The lowest BCUT2D eigenvalue weighted by Gasteiger charge is -2.05. The quantitative estimate of drug-likeness (QED) is 0.608. The first-order valence-electron chi connectivity index (χ1n) is 5.86. The highest BCUT2D eigenvalue weighted by Gasteiger charge is 2.04. The summed E-state index contributed by atoms with van der Waals surface area (Å²) in [6, 6.07) is 15.7. The molecular formula is C15H10ClN.